The van der Waals surface area contributed by atoms with Crippen LogP contribution in [0.1, 0.15) is 49.2 Å². The Bertz CT molecular complexity index is 1570. The molecule has 1 unspecified atom stereocenters. The van der Waals surface area contributed by atoms with Gasteiger partial charge in [0.2, 0.25) is 10.0 Å². The molecule has 42 heavy (non-hydrogen) atoms. The predicted octanol–water partition coefficient (Wildman–Crippen LogP) is 3.98. The Hall–Kier alpha value is -2.94. The molecule has 1 aliphatic carbocycles. The predicted molar refractivity (Wildman–Crippen MR) is 151 cm³/mol. The fourth-order valence-corrected chi connectivity index (χ4v) is 8.97. The molecule has 0 bridgehead atoms. The molecule has 3 heterocycles. The second-order valence-corrected chi connectivity index (χ2v) is 14.2. The molecule has 5 rings (SSSR count). The number of carbonyl (C=O) groups excluding carboxylic acids is 2. The second-order valence-electron chi connectivity index (χ2n) is 10.7. The van der Waals surface area contributed by atoms with Gasteiger partial charge in [-0.3, -0.25) is 9.79 Å². The number of aliphatic imine (C=N–C) groups is 1. The van der Waals surface area contributed by atoms with Gasteiger partial charge >= 0.3 is 11.9 Å². The Labute approximate surface area is 250 Å². The van der Waals surface area contributed by atoms with E-state index in [4.69, 9.17) is 21.1 Å². The normalized spacial score (nSPS) is 25.3. The topological polar surface area (TPSA) is 127 Å². The highest BCUT2D eigenvalue weighted by Gasteiger charge is 2.54. The highest BCUT2D eigenvalue weighted by atomic mass is 35.5. The molecular formula is C27H29ClF2N4O6S2. The number of methoxy groups -OCH3 is 2. The summed E-state index contributed by atoms with van der Waals surface area (Å²) in [5.74, 6) is -3.59. The fraction of sp³-hybridized carbons (Fsp3) is 0.481. The zero-order valence-electron chi connectivity index (χ0n) is 23.0. The van der Waals surface area contributed by atoms with Crippen LogP contribution in [0.5, 0.6) is 0 Å². The number of hydrogen-bond donors (Lipinski definition) is 1. The van der Waals surface area contributed by atoms with Crippen molar-refractivity contribution in [3.05, 3.63) is 62.2 Å². The van der Waals surface area contributed by atoms with E-state index in [1.165, 1.54) is 35.9 Å². The molecule has 1 N–H and O–H groups in total. The summed E-state index contributed by atoms with van der Waals surface area (Å²) in [6.07, 6.45) is 2.66. The number of rotatable bonds is 7. The summed E-state index contributed by atoms with van der Waals surface area (Å²) < 4.78 is 66.6. The number of ether oxygens (including phenoxy) is 2. The molecule has 1 atom stereocenters. The van der Waals surface area contributed by atoms with Crippen LogP contribution in [0, 0.1) is 23.0 Å². The number of piperidine rings is 1. The van der Waals surface area contributed by atoms with Crippen molar-refractivity contribution in [3.8, 4) is 0 Å². The van der Waals surface area contributed by atoms with Crippen LogP contribution in [0.25, 0.3) is 0 Å². The molecule has 2 fully saturated rings. The molecule has 1 saturated carbocycles. The SMILES string of the molecule is COC(=O)C1=C(C2CCN(S(=O)(=O)C3CC(C)(C(=O)OC)C3)CC2)NC(c2nccs2)=NC1c1ccc(F)c(F)c1Cl. The zero-order valence-corrected chi connectivity index (χ0v) is 25.4. The lowest BCUT2D eigenvalue weighted by molar-refractivity contribution is -0.156. The molecule has 0 spiro atoms. The van der Waals surface area contributed by atoms with Crippen LogP contribution >= 0.6 is 22.9 Å². The molecule has 0 amide bonds. The van der Waals surface area contributed by atoms with E-state index >= 15 is 0 Å². The molecule has 0 radical (unpaired) electrons. The minimum absolute atomic E-state index is 0.0693. The molecular weight excluding hydrogens is 614 g/mol. The number of aromatic nitrogens is 1. The maximum Gasteiger partial charge on any atom is 0.338 e. The number of nitrogens with zero attached hydrogens (tertiary/aromatic N) is 3. The summed E-state index contributed by atoms with van der Waals surface area (Å²) in [6, 6.07) is 1.06. The molecule has 1 aromatic carbocycles. The van der Waals surface area contributed by atoms with E-state index in [0.29, 0.717) is 29.4 Å². The van der Waals surface area contributed by atoms with Crippen molar-refractivity contribution in [1.82, 2.24) is 14.6 Å². The van der Waals surface area contributed by atoms with Crippen LogP contribution in [0.4, 0.5) is 8.78 Å². The summed E-state index contributed by atoms with van der Waals surface area (Å²) in [5, 5.41) is 4.26. The number of thiazole rings is 1. The second kappa shape index (κ2) is 11.6. The van der Waals surface area contributed by atoms with Crippen LogP contribution in [0.2, 0.25) is 5.02 Å². The third kappa shape index (κ3) is 5.33. The number of sulfonamides is 1. The largest absolute Gasteiger partial charge is 0.469 e. The van der Waals surface area contributed by atoms with Gasteiger partial charge < -0.3 is 14.8 Å². The standard InChI is InChI=1S/C27H29ClF2N4O6S2/c1-27(26(36)40-3)12-15(13-27)42(37,38)34-9-6-14(7-10-34)21-18(25(35)39-2)22(16-4-5-17(29)20(30)19(16)28)33-23(32-21)24-31-8-11-41-24/h4-5,8,11,14-15,22H,6-7,9-10,12-13H2,1-3H3,(H,32,33). The average Bonchev–Trinajstić information content (AvgIpc) is 3.52. The summed E-state index contributed by atoms with van der Waals surface area (Å²) in [5.41, 5.74) is -0.243. The van der Waals surface area contributed by atoms with Crippen LogP contribution in [0.3, 0.4) is 0 Å². The van der Waals surface area contributed by atoms with Crippen LogP contribution in [-0.2, 0) is 29.1 Å². The first-order chi connectivity index (χ1) is 19.9. The first kappa shape index (κ1) is 30.5. The van der Waals surface area contributed by atoms with Crippen LogP contribution in [-0.4, -0.2) is 68.0 Å². The van der Waals surface area contributed by atoms with Gasteiger partial charge in [0.25, 0.3) is 0 Å². The Kier molecular flexibility index (Phi) is 8.45. The van der Waals surface area contributed by atoms with Crippen LogP contribution < -0.4 is 5.32 Å². The van der Waals surface area contributed by atoms with Gasteiger partial charge in [0.15, 0.2) is 22.5 Å². The van der Waals surface area contributed by atoms with Gasteiger partial charge in [-0.15, -0.1) is 11.3 Å². The third-order valence-corrected chi connectivity index (χ3v) is 11.6. The molecule has 1 aromatic heterocycles. The number of allylic oxidation sites excluding steroid dienone is 1. The molecule has 2 aliphatic heterocycles. The molecule has 15 heteroatoms. The van der Waals surface area contributed by atoms with Crippen molar-refractivity contribution in [3.63, 3.8) is 0 Å². The maximum atomic E-state index is 14.5. The van der Waals surface area contributed by atoms with Gasteiger partial charge in [-0.05, 0) is 38.7 Å². The van der Waals surface area contributed by atoms with Gasteiger partial charge in [0, 0.05) is 41.8 Å². The maximum absolute atomic E-state index is 14.5. The van der Waals surface area contributed by atoms with E-state index in [0.717, 1.165) is 6.07 Å². The van der Waals surface area contributed by atoms with Gasteiger partial charge in [-0.1, -0.05) is 17.7 Å². The van der Waals surface area contributed by atoms with E-state index in [1.807, 2.05) is 0 Å². The van der Waals surface area contributed by atoms with Crippen molar-refractivity contribution in [2.45, 2.75) is 43.9 Å². The van der Waals surface area contributed by atoms with Crippen molar-refractivity contribution < 1.29 is 36.3 Å². The Balaban J connectivity index is 1.45. The van der Waals surface area contributed by atoms with Crippen molar-refractivity contribution in [1.29, 1.82) is 0 Å². The quantitative estimate of drug-likeness (QED) is 0.355. The van der Waals surface area contributed by atoms with Gasteiger partial charge in [-0.2, -0.15) is 0 Å². The van der Waals surface area contributed by atoms with Crippen molar-refractivity contribution in [2.75, 3.05) is 27.3 Å². The summed E-state index contributed by atoms with van der Waals surface area (Å²) >= 11 is 7.51. The molecule has 1 saturated heterocycles. The van der Waals surface area contributed by atoms with Crippen molar-refractivity contribution >= 4 is 50.7 Å². The first-order valence-corrected chi connectivity index (χ1v) is 15.9. The van der Waals surface area contributed by atoms with E-state index in [2.05, 4.69) is 15.3 Å². The summed E-state index contributed by atoms with van der Waals surface area (Å²) in [6.45, 7) is 2.06. The monoisotopic (exact) mass is 642 g/mol. The van der Waals surface area contributed by atoms with Crippen LogP contribution in [0.15, 0.2) is 40.0 Å². The number of benzene rings is 1. The van der Waals surface area contributed by atoms with E-state index in [9.17, 15) is 26.8 Å². The number of halogens is 3. The average molecular weight is 643 g/mol. The number of hydrogen-bond acceptors (Lipinski definition) is 10. The lowest BCUT2D eigenvalue weighted by atomic mass is 9.70. The lowest BCUT2D eigenvalue weighted by Crippen LogP contribution is -2.54. The van der Waals surface area contributed by atoms with E-state index < -0.39 is 55.3 Å². The Morgan fingerprint density at radius 3 is 2.45 bits per heavy atom. The third-order valence-electron chi connectivity index (χ3n) is 8.15. The number of nitrogens with one attached hydrogen (secondary N) is 1. The van der Waals surface area contributed by atoms with Gasteiger partial charge in [0.1, 0.15) is 6.04 Å². The van der Waals surface area contributed by atoms with E-state index in [1.54, 1.807) is 18.5 Å². The number of esters is 2. The lowest BCUT2D eigenvalue weighted by Gasteiger charge is -2.45. The highest BCUT2D eigenvalue weighted by Crippen LogP contribution is 2.47. The molecule has 3 aliphatic rings. The van der Waals surface area contributed by atoms with E-state index in [-0.39, 0.29) is 43.0 Å². The Morgan fingerprint density at radius 1 is 1.17 bits per heavy atom. The summed E-state index contributed by atoms with van der Waals surface area (Å²) in [7, 11) is -1.19. The van der Waals surface area contributed by atoms with Crippen molar-refractivity contribution in [2.24, 2.45) is 16.3 Å². The minimum Gasteiger partial charge on any atom is -0.469 e. The summed E-state index contributed by atoms with van der Waals surface area (Å²) in [4.78, 5) is 34.2. The number of amidine groups is 1. The fourth-order valence-electron chi connectivity index (χ4n) is 5.83. The molecule has 10 nitrogen and oxygen atoms in total. The van der Waals surface area contributed by atoms with Gasteiger partial charge in [0.05, 0.1) is 35.5 Å². The Morgan fingerprint density at radius 2 is 1.86 bits per heavy atom. The zero-order chi connectivity index (χ0) is 30.4. The molecule has 2 aromatic rings. The van der Waals surface area contributed by atoms with Gasteiger partial charge in [-0.25, -0.2) is 31.3 Å². The number of carbonyl (C=O) groups is 2. The smallest absolute Gasteiger partial charge is 0.338 e. The highest BCUT2D eigenvalue weighted by molar-refractivity contribution is 7.89. The molecule has 226 valence electrons. The first-order valence-electron chi connectivity index (χ1n) is 13.2. The minimum atomic E-state index is -3.67.